The van der Waals surface area contributed by atoms with Gasteiger partial charge in [-0.3, -0.25) is 0 Å². The van der Waals surface area contributed by atoms with E-state index in [9.17, 15) is 0 Å². The minimum atomic E-state index is 0.826. The van der Waals surface area contributed by atoms with E-state index in [-0.39, 0.29) is 0 Å². The third-order valence-electron chi connectivity index (χ3n) is 2.92. The molecule has 0 spiro atoms. The molecule has 0 saturated heterocycles. The van der Waals surface area contributed by atoms with E-state index in [4.69, 9.17) is 5.73 Å². The molecule has 0 amide bonds. The summed E-state index contributed by atoms with van der Waals surface area (Å²) >= 11 is 0. The van der Waals surface area contributed by atoms with E-state index >= 15 is 0 Å². The molecule has 2 rings (SSSR count). The van der Waals surface area contributed by atoms with Gasteiger partial charge in [-0.2, -0.15) is 0 Å². The Morgan fingerprint density at radius 3 is 1.63 bits per heavy atom. The summed E-state index contributed by atoms with van der Waals surface area (Å²) in [6, 6.07) is 16.7. The quantitative estimate of drug-likeness (QED) is 0.807. The minimum Gasteiger partial charge on any atom is -0.399 e. The summed E-state index contributed by atoms with van der Waals surface area (Å²) in [5.74, 6) is 0. The highest BCUT2D eigenvalue weighted by Gasteiger charge is 1.96. The Kier molecular flexibility index (Phi) is 6.51. The maximum absolute atomic E-state index is 5.66. The lowest BCUT2D eigenvalue weighted by Gasteiger charge is -2.04. The first kappa shape index (κ1) is 15.1. The van der Waals surface area contributed by atoms with Crippen molar-refractivity contribution < 1.29 is 0 Å². The fourth-order valence-electron chi connectivity index (χ4n) is 1.81. The van der Waals surface area contributed by atoms with Crippen molar-refractivity contribution in [2.45, 2.75) is 26.7 Å². The Bertz CT molecular complexity index is 458. The van der Waals surface area contributed by atoms with Crippen molar-refractivity contribution in [2.24, 2.45) is 0 Å². The van der Waals surface area contributed by atoms with E-state index in [1.807, 2.05) is 33.0 Å². The van der Waals surface area contributed by atoms with Gasteiger partial charge in [0.15, 0.2) is 0 Å². The number of benzene rings is 2. The molecule has 0 fully saturated rings. The Morgan fingerprint density at radius 1 is 0.789 bits per heavy atom. The highest BCUT2D eigenvalue weighted by molar-refractivity contribution is 5.44. The van der Waals surface area contributed by atoms with E-state index in [1.54, 1.807) is 0 Å². The molecule has 3 N–H and O–H groups in total. The molecule has 0 radical (unpaired) electrons. The number of nitrogens with two attached hydrogens (primary N) is 1. The largest absolute Gasteiger partial charge is 0.399 e. The summed E-state index contributed by atoms with van der Waals surface area (Å²) < 4.78 is 0. The fraction of sp³-hybridized carbons (Fsp3) is 0.294. The molecule has 19 heavy (non-hydrogen) atoms. The predicted octanol–water partition coefficient (Wildman–Crippen LogP) is 4.12. The normalized spacial score (nSPS) is 9.42. The van der Waals surface area contributed by atoms with E-state index in [1.165, 1.54) is 11.1 Å². The summed E-state index contributed by atoms with van der Waals surface area (Å²) in [7, 11) is 1.93. The molecule has 2 aromatic rings. The molecule has 0 bridgehead atoms. The molecule has 0 aromatic heterocycles. The Balaban J connectivity index is 0.000000861. The van der Waals surface area contributed by atoms with Crippen LogP contribution in [0, 0.1) is 0 Å². The van der Waals surface area contributed by atoms with Crippen LogP contribution in [0.1, 0.15) is 25.0 Å². The SMILES string of the molecule is CC.CNc1ccc(CCc2ccc(N)cc2)cc1. The van der Waals surface area contributed by atoms with E-state index in [0.29, 0.717) is 0 Å². The molecule has 0 aliphatic carbocycles. The number of aryl methyl sites for hydroxylation is 2. The molecule has 0 aliphatic rings. The van der Waals surface area contributed by atoms with Crippen molar-refractivity contribution in [3.63, 3.8) is 0 Å². The molecule has 0 heterocycles. The smallest absolute Gasteiger partial charge is 0.0337 e. The molecular formula is C17H24N2. The van der Waals surface area contributed by atoms with Crippen LogP contribution < -0.4 is 11.1 Å². The minimum absolute atomic E-state index is 0.826. The maximum Gasteiger partial charge on any atom is 0.0337 e. The number of anilines is 2. The lowest BCUT2D eigenvalue weighted by molar-refractivity contribution is 0.961. The van der Waals surface area contributed by atoms with Crippen molar-refractivity contribution in [3.05, 3.63) is 59.7 Å². The molecule has 2 heteroatoms. The third-order valence-corrected chi connectivity index (χ3v) is 2.92. The lowest BCUT2D eigenvalue weighted by Crippen LogP contribution is -1.93. The second-order valence-corrected chi connectivity index (χ2v) is 4.19. The van der Waals surface area contributed by atoms with E-state index < -0.39 is 0 Å². The third kappa shape index (κ3) is 5.04. The van der Waals surface area contributed by atoms with Gasteiger partial charge in [-0.25, -0.2) is 0 Å². The van der Waals surface area contributed by atoms with Gasteiger partial charge in [0.2, 0.25) is 0 Å². The van der Waals surface area contributed by atoms with Gasteiger partial charge in [0.05, 0.1) is 0 Å². The maximum atomic E-state index is 5.66. The highest BCUT2D eigenvalue weighted by atomic mass is 14.8. The molecule has 2 nitrogen and oxygen atoms in total. The van der Waals surface area contributed by atoms with Gasteiger partial charge in [-0.05, 0) is 48.2 Å². The van der Waals surface area contributed by atoms with Crippen LogP contribution in [-0.4, -0.2) is 7.05 Å². The van der Waals surface area contributed by atoms with Gasteiger partial charge < -0.3 is 11.1 Å². The zero-order valence-corrected chi connectivity index (χ0v) is 12.1. The van der Waals surface area contributed by atoms with Crippen LogP contribution >= 0.6 is 0 Å². The van der Waals surface area contributed by atoms with Crippen LogP contribution in [0.3, 0.4) is 0 Å². The lowest BCUT2D eigenvalue weighted by atomic mass is 10.0. The summed E-state index contributed by atoms with van der Waals surface area (Å²) in [5.41, 5.74) is 10.3. The monoisotopic (exact) mass is 256 g/mol. The predicted molar refractivity (Wildman–Crippen MR) is 85.6 cm³/mol. The van der Waals surface area contributed by atoms with E-state index in [0.717, 1.165) is 24.2 Å². The molecule has 2 aromatic carbocycles. The average Bonchev–Trinajstić information content (AvgIpc) is 2.49. The van der Waals surface area contributed by atoms with Crippen LogP contribution in [0.4, 0.5) is 11.4 Å². The van der Waals surface area contributed by atoms with Crippen molar-refractivity contribution in [2.75, 3.05) is 18.1 Å². The first-order valence-corrected chi connectivity index (χ1v) is 6.89. The van der Waals surface area contributed by atoms with Crippen molar-refractivity contribution in [1.82, 2.24) is 0 Å². The number of hydrogen-bond acceptors (Lipinski definition) is 2. The van der Waals surface area contributed by atoms with Crippen molar-refractivity contribution in [1.29, 1.82) is 0 Å². The molecular weight excluding hydrogens is 232 g/mol. The van der Waals surface area contributed by atoms with Gasteiger partial charge in [0.25, 0.3) is 0 Å². The summed E-state index contributed by atoms with van der Waals surface area (Å²) in [4.78, 5) is 0. The average molecular weight is 256 g/mol. The summed E-state index contributed by atoms with van der Waals surface area (Å²) in [6.45, 7) is 4.00. The zero-order chi connectivity index (χ0) is 14.1. The molecule has 0 saturated carbocycles. The Labute approximate surface area is 116 Å². The second-order valence-electron chi connectivity index (χ2n) is 4.19. The van der Waals surface area contributed by atoms with Crippen LogP contribution in [0.2, 0.25) is 0 Å². The van der Waals surface area contributed by atoms with Gasteiger partial charge >= 0.3 is 0 Å². The Hall–Kier alpha value is -1.96. The van der Waals surface area contributed by atoms with Gasteiger partial charge in [-0.15, -0.1) is 0 Å². The number of hydrogen-bond donors (Lipinski definition) is 2. The standard InChI is InChI=1S/C15H18N2.C2H6/c1-17-15-10-6-13(7-11-15)3-2-12-4-8-14(16)9-5-12;1-2/h4-11,17H,2-3,16H2,1H3;1-2H3. The van der Waals surface area contributed by atoms with Crippen LogP contribution in [0.5, 0.6) is 0 Å². The fourth-order valence-corrected chi connectivity index (χ4v) is 1.81. The second kappa shape index (κ2) is 8.20. The highest BCUT2D eigenvalue weighted by Crippen LogP contribution is 2.12. The van der Waals surface area contributed by atoms with Crippen LogP contribution in [0.15, 0.2) is 48.5 Å². The molecule has 0 aliphatic heterocycles. The summed E-state index contributed by atoms with van der Waals surface area (Å²) in [5, 5.41) is 3.12. The Morgan fingerprint density at radius 2 is 1.21 bits per heavy atom. The first-order chi connectivity index (χ1) is 9.28. The number of nitrogen functional groups attached to an aromatic ring is 1. The van der Waals surface area contributed by atoms with Crippen molar-refractivity contribution in [3.8, 4) is 0 Å². The van der Waals surface area contributed by atoms with E-state index in [2.05, 4.69) is 41.7 Å². The number of nitrogens with one attached hydrogen (secondary N) is 1. The summed E-state index contributed by atoms with van der Waals surface area (Å²) in [6.07, 6.45) is 2.12. The van der Waals surface area contributed by atoms with Gasteiger partial charge in [0.1, 0.15) is 0 Å². The molecule has 0 unspecified atom stereocenters. The topological polar surface area (TPSA) is 38.0 Å². The molecule has 0 atom stereocenters. The first-order valence-electron chi connectivity index (χ1n) is 6.89. The number of rotatable bonds is 4. The van der Waals surface area contributed by atoms with Gasteiger partial charge in [0, 0.05) is 18.4 Å². The van der Waals surface area contributed by atoms with Crippen LogP contribution in [0.25, 0.3) is 0 Å². The van der Waals surface area contributed by atoms with Crippen LogP contribution in [-0.2, 0) is 12.8 Å². The molecule has 102 valence electrons. The zero-order valence-electron chi connectivity index (χ0n) is 12.1. The van der Waals surface area contributed by atoms with Crippen molar-refractivity contribution >= 4 is 11.4 Å². The van der Waals surface area contributed by atoms with Gasteiger partial charge in [-0.1, -0.05) is 38.1 Å².